The zero-order chi connectivity index (χ0) is 10.2. The summed E-state index contributed by atoms with van der Waals surface area (Å²) in [7, 11) is 5.52. The van der Waals surface area contributed by atoms with Crippen molar-refractivity contribution < 1.29 is 17.2 Å². The van der Waals surface area contributed by atoms with E-state index >= 15 is 0 Å². The van der Waals surface area contributed by atoms with Gasteiger partial charge in [0, 0.05) is 10.7 Å². The Morgan fingerprint density at radius 2 is 1.77 bits per heavy atom. The van der Waals surface area contributed by atoms with Crippen molar-refractivity contribution in [1.82, 2.24) is 0 Å². The summed E-state index contributed by atoms with van der Waals surface area (Å²) < 4.78 is 46.8. The van der Waals surface area contributed by atoms with Crippen LogP contribution in [0.5, 0.6) is 0 Å². The second-order valence-electron chi connectivity index (χ2n) is 2.24. The van der Waals surface area contributed by atoms with Crippen molar-refractivity contribution in [2.75, 3.05) is 0 Å². The summed E-state index contributed by atoms with van der Waals surface area (Å²) in [6.07, 6.45) is 0. The highest BCUT2D eigenvalue weighted by Gasteiger charge is 2.17. The molecule has 1 rings (SSSR count). The maximum Gasteiger partial charge on any atom is 0.264 e. The highest BCUT2D eigenvalue weighted by molar-refractivity contribution is 8.13. The molecule has 0 aliphatic heterocycles. The first kappa shape index (κ1) is 10.5. The van der Waals surface area contributed by atoms with Crippen LogP contribution in [0.3, 0.4) is 0 Å². The highest BCUT2D eigenvalue weighted by atomic mass is 35.7. The molecule has 2 nitrogen and oxygen atoms in total. The molecule has 1 aromatic carbocycles. The van der Waals surface area contributed by atoms with Crippen LogP contribution < -0.4 is 5.46 Å². The summed E-state index contributed by atoms with van der Waals surface area (Å²) in [5, 5.41) is 0. The summed E-state index contributed by atoms with van der Waals surface area (Å²) in [6.45, 7) is 0. The van der Waals surface area contributed by atoms with Gasteiger partial charge in [-0.25, -0.2) is 17.2 Å². The molecule has 13 heavy (non-hydrogen) atoms. The minimum Gasteiger partial charge on any atom is -0.208 e. The molecule has 0 amide bonds. The van der Waals surface area contributed by atoms with Gasteiger partial charge in [0.1, 0.15) is 24.4 Å². The molecule has 0 saturated carbocycles. The summed E-state index contributed by atoms with van der Waals surface area (Å²) in [6, 6.07) is 0.998. The van der Waals surface area contributed by atoms with Crippen molar-refractivity contribution >= 4 is 33.0 Å². The van der Waals surface area contributed by atoms with Crippen molar-refractivity contribution in [3.05, 3.63) is 23.8 Å². The molecule has 0 heterocycles. The lowest BCUT2D eigenvalue weighted by Gasteiger charge is -2.01. The number of hydrogen-bond acceptors (Lipinski definition) is 2. The van der Waals surface area contributed by atoms with Crippen LogP contribution in [-0.2, 0) is 9.05 Å². The Labute approximate surface area is 79.3 Å². The molecule has 7 heteroatoms. The first-order chi connectivity index (χ1) is 5.82. The van der Waals surface area contributed by atoms with Crippen LogP contribution in [0.1, 0.15) is 0 Å². The van der Waals surface area contributed by atoms with Crippen LogP contribution in [0.4, 0.5) is 8.78 Å². The molecule has 2 radical (unpaired) electrons. The lowest BCUT2D eigenvalue weighted by Crippen LogP contribution is -2.11. The molecule has 0 fully saturated rings. The fourth-order valence-corrected chi connectivity index (χ4v) is 1.62. The van der Waals surface area contributed by atoms with Crippen LogP contribution in [0.2, 0.25) is 0 Å². The van der Waals surface area contributed by atoms with Gasteiger partial charge in [-0.3, -0.25) is 0 Å². The predicted molar refractivity (Wildman–Crippen MR) is 44.8 cm³/mol. The molecule has 0 aliphatic carbocycles. The third-order valence-electron chi connectivity index (χ3n) is 1.31. The Morgan fingerprint density at radius 1 is 1.23 bits per heavy atom. The molecule has 0 aromatic heterocycles. The summed E-state index contributed by atoms with van der Waals surface area (Å²) in [4.78, 5) is -0.916. The van der Waals surface area contributed by atoms with E-state index in [0.29, 0.717) is 12.1 Å². The Kier molecular flexibility index (Phi) is 2.63. The largest absolute Gasteiger partial charge is 0.264 e. The fraction of sp³-hybridized carbons (Fsp3) is 0. The number of benzene rings is 1. The lowest BCUT2D eigenvalue weighted by molar-refractivity contribution is 0.563. The van der Waals surface area contributed by atoms with Crippen LogP contribution in [0.25, 0.3) is 0 Å². The quantitative estimate of drug-likeness (QED) is 0.517. The summed E-state index contributed by atoms with van der Waals surface area (Å²) in [5.74, 6) is -2.20. The van der Waals surface area contributed by atoms with Gasteiger partial charge in [-0.2, -0.15) is 0 Å². The molecule has 0 N–H and O–H groups in total. The number of halogens is 3. The monoisotopic (exact) mass is 222 g/mol. The van der Waals surface area contributed by atoms with Crippen LogP contribution >= 0.6 is 10.7 Å². The highest BCUT2D eigenvalue weighted by Crippen LogP contribution is 2.18. The molecule has 0 unspecified atom stereocenters. The zero-order valence-electron chi connectivity index (χ0n) is 6.09. The molecule has 68 valence electrons. The predicted octanol–water partition coefficient (Wildman–Crippen LogP) is 0.686. The van der Waals surface area contributed by atoms with Gasteiger partial charge in [-0.05, 0) is 12.1 Å². The van der Waals surface area contributed by atoms with Gasteiger partial charge in [0.05, 0.1) is 0 Å². The maximum absolute atomic E-state index is 12.8. The standard InChI is InChI=1S/C6H2BClF2O2S/c7-3-1-5(10)6(2-4(3)9)13(8,11)12/h1-2H. The smallest absolute Gasteiger partial charge is 0.208 e. The molecule has 0 atom stereocenters. The third kappa shape index (κ3) is 2.19. The minimum atomic E-state index is -4.27. The van der Waals surface area contributed by atoms with Crippen molar-refractivity contribution in [2.45, 2.75) is 4.90 Å². The second kappa shape index (κ2) is 3.27. The van der Waals surface area contributed by atoms with Gasteiger partial charge >= 0.3 is 0 Å². The molecular formula is C6H2BClF2O2S. The minimum absolute atomic E-state index is 0.438. The van der Waals surface area contributed by atoms with Crippen molar-refractivity contribution in [3.8, 4) is 0 Å². The van der Waals surface area contributed by atoms with Gasteiger partial charge < -0.3 is 0 Å². The Morgan fingerprint density at radius 3 is 2.23 bits per heavy atom. The van der Waals surface area contributed by atoms with Gasteiger partial charge in [-0.1, -0.05) is 5.46 Å². The Balaban J connectivity index is 3.50. The maximum atomic E-state index is 12.8. The van der Waals surface area contributed by atoms with Gasteiger partial charge in [-0.15, -0.1) is 0 Å². The second-order valence-corrected chi connectivity index (χ2v) is 4.78. The summed E-state index contributed by atoms with van der Waals surface area (Å²) in [5.41, 5.74) is -0.471. The fourth-order valence-electron chi connectivity index (χ4n) is 0.731. The van der Waals surface area contributed by atoms with Crippen molar-refractivity contribution in [3.63, 3.8) is 0 Å². The molecule has 0 aliphatic rings. The van der Waals surface area contributed by atoms with E-state index in [1.165, 1.54) is 0 Å². The van der Waals surface area contributed by atoms with Gasteiger partial charge in [0.2, 0.25) is 0 Å². The number of rotatable bonds is 1. The summed E-state index contributed by atoms with van der Waals surface area (Å²) >= 11 is 0. The van der Waals surface area contributed by atoms with E-state index in [2.05, 4.69) is 0 Å². The van der Waals surface area contributed by atoms with Crippen LogP contribution in [-0.4, -0.2) is 16.3 Å². The van der Waals surface area contributed by atoms with E-state index in [4.69, 9.17) is 18.5 Å². The number of hydrogen-bond donors (Lipinski definition) is 0. The molecule has 0 saturated heterocycles. The molecule has 0 spiro atoms. The van der Waals surface area contributed by atoms with E-state index in [-0.39, 0.29) is 0 Å². The first-order valence-electron chi connectivity index (χ1n) is 3.01. The molecule has 1 aromatic rings. The zero-order valence-corrected chi connectivity index (χ0v) is 7.66. The lowest BCUT2D eigenvalue weighted by atomic mass is 9.96. The van der Waals surface area contributed by atoms with E-state index in [1.54, 1.807) is 0 Å². The molecular weight excluding hydrogens is 220 g/mol. The first-order valence-corrected chi connectivity index (χ1v) is 5.32. The topological polar surface area (TPSA) is 34.1 Å². The van der Waals surface area contributed by atoms with Gasteiger partial charge in [0.15, 0.2) is 0 Å². The average molecular weight is 222 g/mol. The van der Waals surface area contributed by atoms with Gasteiger partial charge in [0.25, 0.3) is 9.05 Å². The Bertz CT molecular complexity index is 446. The molecule has 0 bridgehead atoms. The third-order valence-corrected chi connectivity index (χ3v) is 2.65. The van der Waals surface area contributed by atoms with Crippen LogP contribution in [0, 0.1) is 11.6 Å². The Hall–Kier alpha value is -0.615. The van der Waals surface area contributed by atoms with E-state index in [9.17, 15) is 17.2 Å². The van der Waals surface area contributed by atoms with Crippen LogP contribution in [0.15, 0.2) is 17.0 Å². The van der Waals surface area contributed by atoms with Crippen molar-refractivity contribution in [2.24, 2.45) is 0 Å². The average Bonchev–Trinajstić information content (AvgIpc) is 1.94. The SMILES string of the molecule is [B]c1cc(F)c(S(=O)(=O)Cl)cc1F. The van der Waals surface area contributed by atoms with E-state index < -0.39 is 31.0 Å². The van der Waals surface area contributed by atoms with Crippen molar-refractivity contribution in [1.29, 1.82) is 0 Å². The van der Waals surface area contributed by atoms with E-state index in [0.717, 1.165) is 0 Å². The normalized spacial score (nSPS) is 11.6. The van der Waals surface area contributed by atoms with E-state index in [1.807, 2.05) is 0 Å².